The minimum atomic E-state index is -3.48. The van der Waals surface area contributed by atoms with Crippen LogP contribution in [0.25, 0.3) is 0 Å². The lowest BCUT2D eigenvalue weighted by atomic mass is 10.2. The second-order valence-electron chi connectivity index (χ2n) is 7.24. The molecule has 9 heteroatoms. The molecule has 1 saturated heterocycles. The molecular weight excluding hydrogens is 400 g/mol. The maximum Gasteiger partial charge on any atom is 0.243 e. The van der Waals surface area contributed by atoms with Gasteiger partial charge in [-0.25, -0.2) is 13.4 Å². The summed E-state index contributed by atoms with van der Waals surface area (Å²) in [6.07, 6.45) is 3.50. The number of anilines is 5. The van der Waals surface area contributed by atoms with Crippen LogP contribution >= 0.6 is 0 Å². The molecule has 0 aliphatic carbocycles. The van der Waals surface area contributed by atoms with Gasteiger partial charge in [-0.2, -0.15) is 9.29 Å². The molecule has 1 aromatic heterocycles. The first-order valence-electron chi connectivity index (χ1n) is 9.75. The van der Waals surface area contributed by atoms with Crippen LogP contribution in [-0.2, 0) is 10.0 Å². The fourth-order valence-corrected chi connectivity index (χ4v) is 4.89. The molecule has 0 bridgehead atoms. The zero-order chi connectivity index (χ0) is 21.1. The van der Waals surface area contributed by atoms with E-state index in [0.29, 0.717) is 36.2 Å². The monoisotopic (exact) mass is 424 g/mol. The van der Waals surface area contributed by atoms with Gasteiger partial charge in [0.2, 0.25) is 16.0 Å². The predicted octanol–water partition coefficient (Wildman–Crippen LogP) is 3.64. The van der Waals surface area contributed by atoms with Crippen molar-refractivity contribution in [3.63, 3.8) is 0 Å². The molecule has 156 valence electrons. The molecule has 0 radical (unpaired) electrons. The van der Waals surface area contributed by atoms with Crippen LogP contribution in [0.2, 0.25) is 0 Å². The summed E-state index contributed by atoms with van der Waals surface area (Å²) >= 11 is 0. The number of nitrogen functional groups attached to an aromatic ring is 1. The number of rotatable bonds is 6. The van der Waals surface area contributed by atoms with Crippen LogP contribution in [0.1, 0.15) is 18.4 Å². The lowest BCUT2D eigenvalue weighted by Crippen LogP contribution is -2.27. The standard InChI is InChI=1S/C21H24N6O2S/c1-15-14-23-21(26-20(15)24-17-7-4-6-16(22)12-17)25-18-8-5-9-19(13-18)30(28,29)27-10-2-3-11-27/h4-9,12-14H,2-3,10-11,22H2,1H3,(H2,23,24,25,26). The normalized spacial score (nSPS) is 14.6. The molecule has 4 rings (SSSR count). The van der Waals surface area contributed by atoms with Crippen LogP contribution in [0.4, 0.5) is 28.8 Å². The van der Waals surface area contributed by atoms with Crippen LogP contribution in [0.3, 0.4) is 0 Å². The maximum atomic E-state index is 12.8. The molecule has 0 unspecified atom stereocenters. The second kappa shape index (κ2) is 8.29. The Labute approximate surface area is 176 Å². The minimum Gasteiger partial charge on any atom is -0.399 e. The van der Waals surface area contributed by atoms with E-state index in [1.54, 1.807) is 30.5 Å². The number of nitrogens with two attached hydrogens (primary N) is 1. The van der Waals surface area contributed by atoms with Crippen LogP contribution in [-0.4, -0.2) is 35.8 Å². The number of aryl methyl sites for hydroxylation is 1. The van der Waals surface area contributed by atoms with Crippen LogP contribution < -0.4 is 16.4 Å². The van der Waals surface area contributed by atoms with Gasteiger partial charge in [-0.05, 0) is 56.2 Å². The second-order valence-corrected chi connectivity index (χ2v) is 9.18. The number of nitrogens with zero attached hydrogens (tertiary/aromatic N) is 3. The van der Waals surface area contributed by atoms with Crippen molar-refractivity contribution in [1.29, 1.82) is 0 Å². The molecule has 2 heterocycles. The summed E-state index contributed by atoms with van der Waals surface area (Å²) in [7, 11) is -3.48. The fourth-order valence-electron chi connectivity index (χ4n) is 3.32. The van der Waals surface area contributed by atoms with Gasteiger partial charge in [0.25, 0.3) is 0 Å². The predicted molar refractivity (Wildman–Crippen MR) is 119 cm³/mol. The molecule has 0 atom stereocenters. The molecule has 8 nitrogen and oxygen atoms in total. The summed E-state index contributed by atoms with van der Waals surface area (Å²) in [5.74, 6) is 1.00. The molecule has 0 amide bonds. The number of nitrogens with one attached hydrogen (secondary N) is 2. The van der Waals surface area contributed by atoms with Crippen molar-refractivity contribution < 1.29 is 8.42 Å². The molecule has 2 aromatic carbocycles. The van der Waals surface area contributed by atoms with Crippen molar-refractivity contribution in [1.82, 2.24) is 14.3 Å². The quantitative estimate of drug-likeness (QED) is 0.518. The Bertz CT molecular complexity index is 1160. The third kappa shape index (κ3) is 4.37. The Morgan fingerprint density at radius 2 is 1.70 bits per heavy atom. The van der Waals surface area contributed by atoms with Gasteiger partial charge >= 0.3 is 0 Å². The Morgan fingerprint density at radius 3 is 2.43 bits per heavy atom. The summed E-state index contributed by atoms with van der Waals surface area (Å²) in [5, 5.41) is 6.34. The lowest BCUT2D eigenvalue weighted by Gasteiger charge is -2.16. The van der Waals surface area contributed by atoms with E-state index in [-0.39, 0.29) is 4.90 Å². The molecule has 0 saturated carbocycles. The molecule has 3 aromatic rings. The summed E-state index contributed by atoms with van der Waals surface area (Å²) in [5.41, 5.74) is 8.79. The average molecular weight is 425 g/mol. The highest BCUT2D eigenvalue weighted by Gasteiger charge is 2.27. The Morgan fingerprint density at radius 1 is 1.00 bits per heavy atom. The first-order chi connectivity index (χ1) is 14.4. The first kappa shape index (κ1) is 20.1. The van der Waals surface area contributed by atoms with Crippen molar-refractivity contribution in [2.24, 2.45) is 0 Å². The number of hydrogen-bond donors (Lipinski definition) is 3. The van der Waals surface area contributed by atoms with Gasteiger partial charge in [0, 0.05) is 41.9 Å². The maximum absolute atomic E-state index is 12.8. The number of benzene rings is 2. The third-order valence-corrected chi connectivity index (χ3v) is 6.81. The van der Waals surface area contributed by atoms with E-state index in [4.69, 9.17) is 5.73 Å². The zero-order valence-electron chi connectivity index (χ0n) is 16.7. The van der Waals surface area contributed by atoms with Crippen LogP contribution in [0.15, 0.2) is 59.6 Å². The number of hydrogen-bond acceptors (Lipinski definition) is 7. The molecule has 0 spiro atoms. The van der Waals surface area contributed by atoms with Gasteiger partial charge in [0.05, 0.1) is 4.90 Å². The lowest BCUT2D eigenvalue weighted by molar-refractivity contribution is 0.477. The van der Waals surface area contributed by atoms with E-state index in [1.165, 1.54) is 4.31 Å². The van der Waals surface area contributed by atoms with E-state index in [9.17, 15) is 8.42 Å². The Hall–Kier alpha value is -3.17. The zero-order valence-corrected chi connectivity index (χ0v) is 17.5. The van der Waals surface area contributed by atoms with Gasteiger partial charge in [0.1, 0.15) is 5.82 Å². The molecule has 1 aliphatic rings. The first-order valence-corrected chi connectivity index (χ1v) is 11.2. The van der Waals surface area contributed by atoms with Crippen LogP contribution in [0, 0.1) is 6.92 Å². The number of sulfonamides is 1. The van der Waals surface area contributed by atoms with Gasteiger partial charge in [-0.3, -0.25) is 0 Å². The van der Waals surface area contributed by atoms with Gasteiger partial charge in [-0.15, -0.1) is 0 Å². The average Bonchev–Trinajstić information content (AvgIpc) is 3.27. The molecule has 4 N–H and O–H groups in total. The van der Waals surface area contributed by atoms with E-state index in [0.717, 1.165) is 24.1 Å². The third-order valence-electron chi connectivity index (χ3n) is 4.91. The minimum absolute atomic E-state index is 0.264. The topological polar surface area (TPSA) is 113 Å². The highest BCUT2D eigenvalue weighted by molar-refractivity contribution is 7.89. The van der Waals surface area contributed by atoms with Crippen LogP contribution in [0.5, 0.6) is 0 Å². The summed E-state index contributed by atoms with van der Waals surface area (Å²) in [4.78, 5) is 9.11. The van der Waals surface area contributed by atoms with E-state index >= 15 is 0 Å². The van der Waals surface area contributed by atoms with Gasteiger partial charge in [0.15, 0.2) is 0 Å². The molecule has 1 fully saturated rings. The fraction of sp³-hybridized carbons (Fsp3) is 0.238. The Kier molecular flexibility index (Phi) is 5.56. The van der Waals surface area contributed by atoms with Gasteiger partial charge < -0.3 is 16.4 Å². The summed E-state index contributed by atoms with van der Waals surface area (Å²) in [6.45, 7) is 3.04. The SMILES string of the molecule is Cc1cnc(Nc2cccc(S(=O)(=O)N3CCCC3)c2)nc1Nc1cccc(N)c1. The molecule has 1 aliphatic heterocycles. The molecular formula is C21H24N6O2S. The smallest absolute Gasteiger partial charge is 0.243 e. The highest BCUT2D eigenvalue weighted by atomic mass is 32.2. The van der Waals surface area contributed by atoms with Crippen molar-refractivity contribution in [3.05, 3.63) is 60.3 Å². The van der Waals surface area contributed by atoms with Crippen molar-refractivity contribution >= 4 is 38.9 Å². The largest absolute Gasteiger partial charge is 0.399 e. The van der Waals surface area contributed by atoms with E-state index in [1.807, 2.05) is 31.2 Å². The number of aromatic nitrogens is 2. The van der Waals surface area contributed by atoms with Crippen molar-refractivity contribution in [2.75, 3.05) is 29.5 Å². The highest BCUT2D eigenvalue weighted by Crippen LogP contribution is 2.25. The Balaban J connectivity index is 1.56. The van der Waals surface area contributed by atoms with Gasteiger partial charge in [-0.1, -0.05) is 12.1 Å². The van der Waals surface area contributed by atoms with Crippen molar-refractivity contribution in [3.8, 4) is 0 Å². The van der Waals surface area contributed by atoms with Crippen molar-refractivity contribution in [2.45, 2.75) is 24.7 Å². The van der Waals surface area contributed by atoms with E-state index in [2.05, 4.69) is 20.6 Å². The summed E-state index contributed by atoms with van der Waals surface area (Å²) < 4.78 is 27.2. The summed E-state index contributed by atoms with van der Waals surface area (Å²) in [6, 6.07) is 14.1. The van der Waals surface area contributed by atoms with E-state index < -0.39 is 10.0 Å². The molecule has 30 heavy (non-hydrogen) atoms.